The number of amides is 1. The second-order valence-corrected chi connectivity index (χ2v) is 9.14. The van der Waals surface area contributed by atoms with Gasteiger partial charge < -0.3 is 9.88 Å². The van der Waals surface area contributed by atoms with Crippen LogP contribution in [0, 0.1) is 11.7 Å². The fourth-order valence-electron chi connectivity index (χ4n) is 4.27. The molecule has 1 amide bonds. The Balaban J connectivity index is 1.28. The number of nitrogens with one attached hydrogen (secondary N) is 1. The molecule has 0 atom stereocenters. The van der Waals surface area contributed by atoms with Crippen LogP contribution in [0.1, 0.15) is 47.0 Å². The number of carbonyl (C=O) groups is 1. The third kappa shape index (κ3) is 6.26. The number of hydrogen-bond acceptors (Lipinski definition) is 4. The molecule has 6 nitrogen and oxygen atoms in total. The molecule has 0 fully saturated rings. The van der Waals surface area contributed by atoms with E-state index >= 15 is 0 Å². The molecule has 2 aromatic carbocycles. The molecule has 0 unspecified atom stereocenters. The lowest BCUT2D eigenvalue weighted by molar-refractivity contribution is 0.0954. The Morgan fingerprint density at radius 1 is 1.00 bits per heavy atom. The van der Waals surface area contributed by atoms with Crippen LogP contribution in [0.15, 0.2) is 48.5 Å². The summed E-state index contributed by atoms with van der Waals surface area (Å²) in [6.07, 6.45) is 2.59. The molecule has 7 heteroatoms. The number of nitrogens with zero attached hydrogens (tertiary/aromatic N) is 4. The Morgan fingerprint density at radius 3 is 2.45 bits per heavy atom. The van der Waals surface area contributed by atoms with Gasteiger partial charge in [0.05, 0.1) is 0 Å². The van der Waals surface area contributed by atoms with Crippen LogP contribution in [-0.4, -0.2) is 45.2 Å². The highest BCUT2D eigenvalue weighted by Gasteiger charge is 2.19. The predicted molar refractivity (Wildman–Crippen MR) is 126 cm³/mol. The van der Waals surface area contributed by atoms with Gasteiger partial charge in [0.15, 0.2) is 0 Å². The molecule has 0 aliphatic carbocycles. The van der Waals surface area contributed by atoms with Crippen LogP contribution in [0.2, 0.25) is 0 Å². The number of hydrogen-bond donors (Lipinski definition) is 1. The first-order chi connectivity index (χ1) is 16.0. The van der Waals surface area contributed by atoms with E-state index in [0.29, 0.717) is 24.4 Å². The summed E-state index contributed by atoms with van der Waals surface area (Å²) in [5.74, 6) is 2.00. The van der Waals surface area contributed by atoms with E-state index in [2.05, 4.69) is 63.1 Å². The standard InChI is InChI=1S/C26H32FN5O/c1-19(2)17-20-3-5-21(6-4-20)18-31-14-12-25-30-29-24(32(25)16-15-31)11-13-28-26(33)22-7-9-23(27)10-8-22/h3-10,19H,11-18H2,1-2H3,(H,28,33). The lowest BCUT2D eigenvalue weighted by atomic mass is 10.0. The first kappa shape index (κ1) is 23.1. The fourth-order valence-corrected chi connectivity index (χ4v) is 4.27. The quantitative estimate of drug-likeness (QED) is 0.570. The predicted octanol–water partition coefficient (Wildman–Crippen LogP) is 3.65. The Hall–Kier alpha value is -3.06. The molecule has 0 saturated carbocycles. The average molecular weight is 450 g/mol. The zero-order chi connectivity index (χ0) is 23.2. The van der Waals surface area contributed by atoms with Gasteiger partial charge in [-0.1, -0.05) is 38.1 Å². The van der Waals surface area contributed by atoms with Crippen molar-refractivity contribution in [1.82, 2.24) is 25.0 Å². The van der Waals surface area contributed by atoms with Gasteiger partial charge in [-0.15, -0.1) is 10.2 Å². The third-order valence-corrected chi connectivity index (χ3v) is 6.01. The molecule has 3 aromatic rings. The average Bonchev–Trinajstić information content (AvgIpc) is 3.07. The van der Waals surface area contributed by atoms with Crippen molar-refractivity contribution >= 4 is 5.91 Å². The lowest BCUT2D eigenvalue weighted by Crippen LogP contribution is -2.28. The fraction of sp³-hybridized carbons (Fsp3) is 0.423. The van der Waals surface area contributed by atoms with Gasteiger partial charge in [0.2, 0.25) is 0 Å². The van der Waals surface area contributed by atoms with Gasteiger partial charge >= 0.3 is 0 Å². The van der Waals surface area contributed by atoms with Gasteiger partial charge in [-0.25, -0.2) is 4.39 Å². The van der Waals surface area contributed by atoms with Crippen LogP contribution in [0.5, 0.6) is 0 Å². The van der Waals surface area contributed by atoms with E-state index in [4.69, 9.17) is 0 Å². The van der Waals surface area contributed by atoms with Crippen LogP contribution in [0.3, 0.4) is 0 Å². The van der Waals surface area contributed by atoms with Gasteiger partial charge in [-0.2, -0.15) is 0 Å². The first-order valence-corrected chi connectivity index (χ1v) is 11.7. The van der Waals surface area contributed by atoms with Crippen molar-refractivity contribution in [1.29, 1.82) is 0 Å². The summed E-state index contributed by atoms with van der Waals surface area (Å²) >= 11 is 0. The smallest absolute Gasteiger partial charge is 0.251 e. The minimum absolute atomic E-state index is 0.212. The highest BCUT2D eigenvalue weighted by Crippen LogP contribution is 2.15. The van der Waals surface area contributed by atoms with E-state index in [1.807, 2.05) is 0 Å². The zero-order valence-corrected chi connectivity index (χ0v) is 19.4. The van der Waals surface area contributed by atoms with Crippen LogP contribution in [0.4, 0.5) is 4.39 Å². The summed E-state index contributed by atoms with van der Waals surface area (Å²) in [7, 11) is 0. The van der Waals surface area contributed by atoms with Crippen molar-refractivity contribution in [3.8, 4) is 0 Å². The molecule has 0 spiro atoms. The molecule has 2 heterocycles. The van der Waals surface area contributed by atoms with Gasteiger partial charge in [0, 0.05) is 51.1 Å². The molecule has 1 aromatic heterocycles. The number of rotatable bonds is 8. The van der Waals surface area contributed by atoms with Crippen LogP contribution < -0.4 is 5.32 Å². The normalized spacial score (nSPS) is 14.2. The molecule has 1 aliphatic rings. The highest BCUT2D eigenvalue weighted by atomic mass is 19.1. The summed E-state index contributed by atoms with van der Waals surface area (Å²) in [6, 6.07) is 14.6. The first-order valence-electron chi connectivity index (χ1n) is 11.7. The summed E-state index contributed by atoms with van der Waals surface area (Å²) in [4.78, 5) is 14.7. The second-order valence-electron chi connectivity index (χ2n) is 9.14. The molecule has 33 heavy (non-hydrogen) atoms. The Labute approximate surface area is 194 Å². The SMILES string of the molecule is CC(C)Cc1ccc(CN2CCc3nnc(CCNC(=O)c4ccc(F)cc4)n3CC2)cc1. The summed E-state index contributed by atoms with van der Waals surface area (Å²) < 4.78 is 15.2. The van der Waals surface area contributed by atoms with Gasteiger partial charge in [-0.05, 0) is 47.7 Å². The lowest BCUT2D eigenvalue weighted by Gasteiger charge is -2.20. The molecular formula is C26H32FN5O. The summed E-state index contributed by atoms with van der Waals surface area (Å²) in [6.45, 7) is 8.62. The summed E-state index contributed by atoms with van der Waals surface area (Å²) in [5, 5.41) is 11.6. The maximum absolute atomic E-state index is 13.0. The minimum Gasteiger partial charge on any atom is -0.352 e. The van der Waals surface area contributed by atoms with E-state index in [1.165, 1.54) is 35.4 Å². The Kier molecular flexibility index (Phi) is 7.50. The minimum atomic E-state index is -0.352. The summed E-state index contributed by atoms with van der Waals surface area (Å²) in [5.41, 5.74) is 3.18. The van der Waals surface area contributed by atoms with E-state index in [0.717, 1.165) is 50.7 Å². The largest absolute Gasteiger partial charge is 0.352 e. The highest BCUT2D eigenvalue weighted by molar-refractivity contribution is 5.94. The maximum Gasteiger partial charge on any atom is 0.251 e. The molecule has 4 rings (SSSR count). The van der Waals surface area contributed by atoms with Crippen molar-refractivity contribution in [2.24, 2.45) is 5.92 Å². The molecular weight excluding hydrogens is 417 g/mol. The number of halogens is 1. The van der Waals surface area contributed by atoms with Gasteiger partial charge in [-0.3, -0.25) is 9.69 Å². The van der Waals surface area contributed by atoms with E-state index < -0.39 is 0 Å². The molecule has 1 N–H and O–H groups in total. The van der Waals surface area contributed by atoms with Crippen LogP contribution >= 0.6 is 0 Å². The maximum atomic E-state index is 13.0. The van der Waals surface area contributed by atoms with Crippen molar-refractivity contribution in [2.45, 2.75) is 46.2 Å². The Bertz CT molecular complexity index is 1060. The molecule has 0 radical (unpaired) electrons. The van der Waals surface area contributed by atoms with E-state index in [-0.39, 0.29) is 11.7 Å². The van der Waals surface area contributed by atoms with E-state index in [9.17, 15) is 9.18 Å². The van der Waals surface area contributed by atoms with Crippen LogP contribution in [0.25, 0.3) is 0 Å². The van der Waals surface area contributed by atoms with Crippen molar-refractivity contribution < 1.29 is 9.18 Å². The monoisotopic (exact) mass is 449 g/mol. The van der Waals surface area contributed by atoms with Crippen molar-refractivity contribution in [3.63, 3.8) is 0 Å². The van der Waals surface area contributed by atoms with Gasteiger partial charge in [0.1, 0.15) is 17.5 Å². The number of aromatic nitrogens is 3. The van der Waals surface area contributed by atoms with Crippen molar-refractivity contribution in [3.05, 3.63) is 82.7 Å². The van der Waals surface area contributed by atoms with Crippen molar-refractivity contribution in [2.75, 3.05) is 19.6 Å². The van der Waals surface area contributed by atoms with Gasteiger partial charge in [0.25, 0.3) is 5.91 Å². The molecule has 0 saturated heterocycles. The zero-order valence-electron chi connectivity index (χ0n) is 19.4. The van der Waals surface area contributed by atoms with E-state index in [1.54, 1.807) is 0 Å². The molecule has 0 bridgehead atoms. The number of benzene rings is 2. The third-order valence-electron chi connectivity index (χ3n) is 6.01. The number of carbonyl (C=O) groups excluding carboxylic acids is 1. The van der Waals surface area contributed by atoms with Crippen LogP contribution in [-0.2, 0) is 32.4 Å². The topological polar surface area (TPSA) is 63.1 Å². The number of fused-ring (bicyclic) bond motifs is 1. The molecule has 174 valence electrons. The molecule has 1 aliphatic heterocycles. The second kappa shape index (κ2) is 10.7. The Morgan fingerprint density at radius 2 is 1.73 bits per heavy atom.